The molecule has 0 N–H and O–H groups in total. The van der Waals surface area contributed by atoms with E-state index in [9.17, 15) is 14.4 Å². The molecule has 7 nitrogen and oxygen atoms in total. The van der Waals surface area contributed by atoms with Gasteiger partial charge in [0.05, 0.1) is 11.7 Å². The quantitative estimate of drug-likeness (QED) is 0.595. The van der Waals surface area contributed by atoms with Crippen LogP contribution in [-0.2, 0) is 23.1 Å². The minimum atomic E-state index is -0.619. The summed E-state index contributed by atoms with van der Waals surface area (Å²) in [5, 5.41) is 0.410. The number of hydrogen-bond donors (Lipinski definition) is 0. The van der Waals surface area contributed by atoms with Gasteiger partial charge in [-0.2, -0.15) is 0 Å². The van der Waals surface area contributed by atoms with Gasteiger partial charge in [0, 0.05) is 20.1 Å². The Hall–Kier alpha value is -3.00. The number of esters is 1. The van der Waals surface area contributed by atoms with E-state index in [2.05, 4.69) is 4.98 Å². The standard InChI is InChI=1S/C20H21N3O4S/c1-4-23(10-14-8-6-5-7-9-14)15(24)11-27-20(26)17-13(2)16-18(28-17)21-12-22(3)19(16)25/h5-9,12H,4,10-11H2,1-3H3. The molecule has 28 heavy (non-hydrogen) atoms. The molecule has 0 unspecified atom stereocenters. The van der Waals surface area contributed by atoms with Crippen molar-refractivity contribution in [3.05, 3.63) is 63.0 Å². The number of nitrogens with zero attached hydrogens (tertiary/aromatic N) is 3. The molecule has 1 amide bonds. The molecule has 1 aromatic carbocycles. The van der Waals surface area contributed by atoms with E-state index in [1.807, 2.05) is 37.3 Å². The average molecular weight is 399 g/mol. The average Bonchev–Trinajstić information content (AvgIpc) is 3.04. The van der Waals surface area contributed by atoms with E-state index < -0.39 is 5.97 Å². The number of hydrogen-bond acceptors (Lipinski definition) is 6. The Labute approximate surface area is 166 Å². The smallest absolute Gasteiger partial charge is 0.349 e. The van der Waals surface area contributed by atoms with Gasteiger partial charge in [0.25, 0.3) is 11.5 Å². The van der Waals surface area contributed by atoms with Crippen molar-refractivity contribution in [3.63, 3.8) is 0 Å². The van der Waals surface area contributed by atoms with Gasteiger partial charge in [0.2, 0.25) is 0 Å². The van der Waals surface area contributed by atoms with Gasteiger partial charge in [-0.1, -0.05) is 30.3 Å². The van der Waals surface area contributed by atoms with Crippen molar-refractivity contribution < 1.29 is 14.3 Å². The third-order valence-electron chi connectivity index (χ3n) is 4.47. The zero-order valence-electron chi connectivity index (χ0n) is 16.0. The van der Waals surface area contributed by atoms with Gasteiger partial charge in [-0.15, -0.1) is 11.3 Å². The Balaban J connectivity index is 1.70. The molecule has 0 saturated carbocycles. The minimum Gasteiger partial charge on any atom is -0.451 e. The summed E-state index contributed by atoms with van der Waals surface area (Å²) < 4.78 is 6.60. The number of aryl methyl sites for hydroxylation is 2. The molecule has 0 spiro atoms. The lowest BCUT2D eigenvalue weighted by Gasteiger charge is -2.20. The van der Waals surface area contributed by atoms with Crippen LogP contribution >= 0.6 is 11.3 Å². The lowest BCUT2D eigenvalue weighted by atomic mass is 10.2. The Kier molecular flexibility index (Phi) is 5.89. The van der Waals surface area contributed by atoms with Crippen LogP contribution in [0.15, 0.2) is 41.5 Å². The maximum atomic E-state index is 12.5. The topological polar surface area (TPSA) is 81.5 Å². The fourth-order valence-electron chi connectivity index (χ4n) is 2.87. The molecular formula is C20H21N3O4S. The third kappa shape index (κ3) is 3.96. The lowest BCUT2D eigenvalue weighted by molar-refractivity contribution is -0.134. The van der Waals surface area contributed by atoms with Crippen LogP contribution in [0.2, 0.25) is 0 Å². The fourth-order valence-corrected chi connectivity index (χ4v) is 3.90. The second-order valence-electron chi connectivity index (χ2n) is 6.37. The van der Waals surface area contributed by atoms with Gasteiger partial charge < -0.3 is 14.2 Å². The number of carbonyl (C=O) groups is 2. The molecule has 2 heterocycles. The summed E-state index contributed by atoms with van der Waals surface area (Å²) in [6, 6.07) is 9.62. The minimum absolute atomic E-state index is 0.214. The van der Waals surface area contributed by atoms with E-state index in [1.165, 1.54) is 10.9 Å². The highest BCUT2D eigenvalue weighted by molar-refractivity contribution is 7.20. The summed E-state index contributed by atoms with van der Waals surface area (Å²) in [4.78, 5) is 43.8. The van der Waals surface area contributed by atoms with E-state index in [4.69, 9.17) is 4.74 Å². The molecule has 0 fully saturated rings. The highest BCUT2D eigenvalue weighted by Gasteiger charge is 2.22. The molecule has 0 atom stereocenters. The summed E-state index contributed by atoms with van der Waals surface area (Å²) >= 11 is 1.10. The number of likely N-dealkylation sites (N-methyl/N-ethyl adjacent to an activating group) is 1. The molecule has 0 aliphatic heterocycles. The molecule has 2 aromatic heterocycles. The van der Waals surface area contributed by atoms with Crippen molar-refractivity contribution in [3.8, 4) is 0 Å². The largest absolute Gasteiger partial charge is 0.451 e. The van der Waals surface area contributed by atoms with Gasteiger partial charge >= 0.3 is 5.97 Å². The Morgan fingerprint density at radius 3 is 2.64 bits per heavy atom. The first-order chi connectivity index (χ1) is 13.4. The van der Waals surface area contributed by atoms with Crippen LogP contribution in [0.1, 0.15) is 27.7 Å². The predicted octanol–water partition coefficient (Wildman–Crippen LogP) is 2.51. The van der Waals surface area contributed by atoms with Crippen molar-refractivity contribution in [2.45, 2.75) is 20.4 Å². The highest BCUT2D eigenvalue weighted by atomic mass is 32.1. The molecule has 0 radical (unpaired) electrons. The Morgan fingerprint density at radius 2 is 1.96 bits per heavy atom. The van der Waals surface area contributed by atoms with Crippen molar-refractivity contribution in [2.75, 3.05) is 13.2 Å². The second kappa shape index (κ2) is 8.35. The summed E-state index contributed by atoms with van der Waals surface area (Å²) in [5.74, 6) is -0.890. The number of rotatable bonds is 6. The van der Waals surface area contributed by atoms with E-state index in [1.54, 1.807) is 18.9 Å². The molecule has 3 rings (SSSR count). The fraction of sp³-hybridized carbons (Fsp3) is 0.300. The van der Waals surface area contributed by atoms with E-state index >= 15 is 0 Å². The van der Waals surface area contributed by atoms with Gasteiger partial charge in [0.1, 0.15) is 9.71 Å². The molecule has 146 valence electrons. The summed E-state index contributed by atoms with van der Waals surface area (Å²) in [6.45, 7) is 4.18. The van der Waals surface area contributed by atoms with E-state index in [0.29, 0.717) is 33.7 Å². The summed E-state index contributed by atoms with van der Waals surface area (Å²) in [7, 11) is 1.61. The van der Waals surface area contributed by atoms with Gasteiger partial charge in [-0.05, 0) is 25.0 Å². The van der Waals surface area contributed by atoms with E-state index in [0.717, 1.165) is 16.9 Å². The van der Waals surface area contributed by atoms with Crippen LogP contribution in [0.4, 0.5) is 0 Å². The number of carbonyl (C=O) groups excluding carboxylic acids is 2. The van der Waals surface area contributed by atoms with Crippen molar-refractivity contribution in [1.29, 1.82) is 0 Å². The molecule has 8 heteroatoms. The number of ether oxygens (including phenoxy) is 1. The molecule has 0 bridgehead atoms. The second-order valence-corrected chi connectivity index (χ2v) is 7.37. The van der Waals surface area contributed by atoms with Crippen molar-refractivity contribution in [2.24, 2.45) is 7.05 Å². The Morgan fingerprint density at radius 1 is 1.25 bits per heavy atom. The zero-order chi connectivity index (χ0) is 20.3. The van der Waals surface area contributed by atoms with Crippen LogP contribution in [0.5, 0.6) is 0 Å². The highest BCUT2D eigenvalue weighted by Crippen LogP contribution is 2.27. The number of amides is 1. The van der Waals surface area contributed by atoms with E-state index in [-0.39, 0.29) is 18.1 Å². The molecule has 0 aliphatic carbocycles. The molecular weight excluding hydrogens is 378 g/mol. The normalized spacial score (nSPS) is 10.8. The summed E-state index contributed by atoms with van der Waals surface area (Å²) in [5.41, 5.74) is 1.32. The molecule has 3 aromatic rings. The van der Waals surface area contributed by atoms with Crippen LogP contribution in [0.25, 0.3) is 10.2 Å². The first-order valence-corrected chi connectivity index (χ1v) is 9.67. The number of aromatic nitrogens is 2. The van der Waals surface area contributed by atoms with Crippen LogP contribution in [0, 0.1) is 6.92 Å². The van der Waals surface area contributed by atoms with Crippen molar-refractivity contribution >= 4 is 33.4 Å². The monoisotopic (exact) mass is 399 g/mol. The molecule has 0 saturated heterocycles. The third-order valence-corrected chi connectivity index (χ3v) is 5.65. The first-order valence-electron chi connectivity index (χ1n) is 8.86. The number of fused-ring (bicyclic) bond motifs is 1. The molecule has 0 aliphatic rings. The maximum absolute atomic E-state index is 12.5. The Bertz CT molecular complexity index is 1070. The summed E-state index contributed by atoms with van der Waals surface area (Å²) in [6.07, 6.45) is 1.42. The maximum Gasteiger partial charge on any atom is 0.349 e. The first kappa shape index (κ1) is 19.8. The zero-order valence-corrected chi connectivity index (χ0v) is 16.8. The van der Waals surface area contributed by atoms with Crippen LogP contribution < -0.4 is 5.56 Å². The SMILES string of the molecule is CCN(Cc1ccccc1)C(=O)COC(=O)c1sc2ncn(C)c(=O)c2c1C. The van der Waals surface area contributed by atoms with Crippen LogP contribution in [-0.4, -0.2) is 39.5 Å². The lowest BCUT2D eigenvalue weighted by Crippen LogP contribution is -2.34. The van der Waals surface area contributed by atoms with Crippen LogP contribution in [0.3, 0.4) is 0 Å². The van der Waals surface area contributed by atoms with Gasteiger partial charge in [0.15, 0.2) is 6.61 Å². The number of thiophene rings is 1. The van der Waals surface area contributed by atoms with Gasteiger partial charge in [-0.3, -0.25) is 9.59 Å². The number of benzene rings is 1. The van der Waals surface area contributed by atoms with Gasteiger partial charge in [-0.25, -0.2) is 9.78 Å². The predicted molar refractivity (Wildman–Crippen MR) is 107 cm³/mol. The van der Waals surface area contributed by atoms with Crippen molar-refractivity contribution in [1.82, 2.24) is 14.5 Å².